The average Bonchev–Trinajstić information content (AvgIpc) is 3.18. The molecule has 2 aliphatic rings. The molecule has 0 aromatic carbocycles. The van der Waals surface area contributed by atoms with Gasteiger partial charge in [-0.2, -0.15) is 0 Å². The third kappa shape index (κ3) is 5.17. The molecular weight excluding hydrogens is 362 g/mol. The van der Waals surface area contributed by atoms with Gasteiger partial charge < -0.3 is 19.5 Å². The van der Waals surface area contributed by atoms with Crippen molar-refractivity contribution >= 4 is 11.6 Å². The van der Waals surface area contributed by atoms with Gasteiger partial charge in [0.25, 0.3) is 0 Å². The number of nitrogens with one attached hydrogen (secondary N) is 1. The Kier molecular flexibility index (Phi) is 6.82. The number of amides is 1. The standard InChI is InChI=1S/C23H35N5O/c1-2-26-11-13-27(14-12-26)23(29)15-20-18-28-21(9-6-10-22(28)25-20)17-24-16-19-7-4-3-5-8-19/h6,9-10,18-19,24H,2-5,7-8,11-17H2,1H3. The molecule has 1 aliphatic heterocycles. The van der Waals surface area contributed by atoms with Crippen molar-refractivity contribution in [3.63, 3.8) is 0 Å². The molecule has 4 rings (SSSR count). The smallest absolute Gasteiger partial charge is 0.228 e. The molecule has 0 spiro atoms. The highest BCUT2D eigenvalue weighted by Crippen LogP contribution is 2.23. The lowest BCUT2D eigenvalue weighted by Gasteiger charge is -2.34. The number of hydrogen-bond donors (Lipinski definition) is 1. The molecule has 29 heavy (non-hydrogen) atoms. The summed E-state index contributed by atoms with van der Waals surface area (Å²) in [5.41, 5.74) is 3.01. The van der Waals surface area contributed by atoms with Crippen LogP contribution in [0.1, 0.15) is 50.4 Å². The van der Waals surface area contributed by atoms with Gasteiger partial charge in [0.15, 0.2) is 0 Å². The molecule has 1 saturated carbocycles. The number of carbonyl (C=O) groups excluding carboxylic acids is 1. The van der Waals surface area contributed by atoms with Crippen molar-refractivity contribution in [1.29, 1.82) is 0 Å². The Labute approximate surface area is 174 Å². The first-order chi connectivity index (χ1) is 14.2. The number of rotatable bonds is 7. The summed E-state index contributed by atoms with van der Waals surface area (Å²) in [6.45, 7) is 8.79. The van der Waals surface area contributed by atoms with E-state index in [0.717, 1.165) is 63.1 Å². The number of carbonyl (C=O) groups is 1. The van der Waals surface area contributed by atoms with Gasteiger partial charge in [0.1, 0.15) is 5.65 Å². The van der Waals surface area contributed by atoms with E-state index in [2.05, 4.69) is 33.7 Å². The van der Waals surface area contributed by atoms with Gasteiger partial charge in [-0.05, 0) is 44.0 Å². The fraction of sp³-hybridized carbons (Fsp3) is 0.652. The van der Waals surface area contributed by atoms with Gasteiger partial charge in [0.05, 0.1) is 12.1 Å². The Balaban J connectivity index is 1.35. The lowest BCUT2D eigenvalue weighted by Crippen LogP contribution is -2.48. The maximum absolute atomic E-state index is 12.7. The molecule has 0 bridgehead atoms. The zero-order chi connectivity index (χ0) is 20.1. The van der Waals surface area contributed by atoms with E-state index < -0.39 is 0 Å². The molecule has 1 N–H and O–H groups in total. The molecular formula is C23H35N5O. The second-order valence-electron chi connectivity index (χ2n) is 8.60. The summed E-state index contributed by atoms with van der Waals surface area (Å²) >= 11 is 0. The average molecular weight is 398 g/mol. The summed E-state index contributed by atoms with van der Waals surface area (Å²) in [5.74, 6) is 1.02. The number of likely N-dealkylation sites (N-methyl/N-ethyl adjacent to an activating group) is 1. The second-order valence-corrected chi connectivity index (χ2v) is 8.60. The maximum atomic E-state index is 12.7. The number of fused-ring (bicyclic) bond motifs is 1. The van der Waals surface area contributed by atoms with E-state index in [4.69, 9.17) is 4.98 Å². The Morgan fingerprint density at radius 3 is 2.69 bits per heavy atom. The predicted octanol–water partition coefficient (Wildman–Crippen LogP) is 2.71. The third-order valence-corrected chi connectivity index (χ3v) is 6.59. The molecule has 2 aromatic heterocycles. The van der Waals surface area contributed by atoms with E-state index >= 15 is 0 Å². The number of nitrogens with zero attached hydrogens (tertiary/aromatic N) is 4. The van der Waals surface area contributed by atoms with Crippen molar-refractivity contribution in [3.8, 4) is 0 Å². The van der Waals surface area contributed by atoms with Gasteiger partial charge in [0.2, 0.25) is 5.91 Å². The summed E-state index contributed by atoms with van der Waals surface area (Å²) < 4.78 is 2.14. The Morgan fingerprint density at radius 2 is 1.93 bits per heavy atom. The van der Waals surface area contributed by atoms with Crippen molar-refractivity contribution < 1.29 is 4.79 Å². The minimum absolute atomic E-state index is 0.195. The summed E-state index contributed by atoms with van der Waals surface area (Å²) in [6.07, 6.45) is 9.33. The number of hydrogen-bond acceptors (Lipinski definition) is 4. The van der Waals surface area contributed by atoms with Gasteiger partial charge >= 0.3 is 0 Å². The molecule has 0 radical (unpaired) electrons. The third-order valence-electron chi connectivity index (χ3n) is 6.59. The van der Waals surface area contributed by atoms with Crippen LogP contribution in [0.3, 0.4) is 0 Å². The van der Waals surface area contributed by atoms with Crippen LogP contribution >= 0.6 is 0 Å². The van der Waals surface area contributed by atoms with Crippen LogP contribution in [0, 0.1) is 5.92 Å². The summed E-state index contributed by atoms with van der Waals surface area (Å²) in [7, 11) is 0. The lowest BCUT2D eigenvalue weighted by molar-refractivity contribution is -0.132. The number of aromatic nitrogens is 2. The quantitative estimate of drug-likeness (QED) is 0.781. The fourth-order valence-electron chi connectivity index (χ4n) is 4.72. The highest BCUT2D eigenvalue weighted by molar-refractivity contribution is 5.78. The molecule has 158 valence electrons. The van der Waals surface area contributed by atoms with Crippen LogP contribution in [0.2, 0.25) is 0 Å². The minimum Gasteiger partial charge on any atom is -0.340 e. The molecule has 0 unspecified atom stereocenters. The number of pyridine rings is 1. The molecule has 2 aromatic rings. The molecule has 3 heterocycles. The normalized spacial score (nSPS) is 19.1. The Morgan fingerprint density at radius 1 is 1.14 bits per heavy atom. The van der Waals surface area contributed by atoms with Gasteiger partial charge in [0, 0.05) is 44.6 Å². The van der Waals surface area contributed by atoms with Gasteiger partial charge in [-0.15, -0.1) is 0 Å². The Hall–Kier alpha value is -1.92. The van der Waals surface area contributed by atoms with Gasteiger partial charge in [-0.1, -0.05) is 32.3 Å². The van der Waals surface area contributed by atoms with Crippen molar-refractivity contribution in [2.75, 3.05) is 39.3 Å². The van der Waals surface area contributed by atoms with E-state index in [9.17, 15) is 4.79 Å². The zero-order valence-electron chi connectivity index (χ0n) is 17.8. The largest absolute Gasteiger partial charge is 0.340 e. The highest BCUT2D eigenvalue weighted by atomic mass is 16.2. The molecule has 2 fully saturated rings. The van der Waals surface area contributed by atoms with Crippen LogP contribution in [0.4, 0.5) is 0 Å². The highest BCUT2D eigenvalue weighted by Gasteiger charge is 2.21. The van der Waals surface area contributed by atoms with E-state index in [1.165, 1.54) is 37.8 Å². The molecule has 1 aliphatic carbocycles. The first-order valence-electron chi connectivity index (χ1n) is 11.4. The van der Waals surface area contributed by atoms with Crippen molar-refractivity contribution in [3.05, 3.63) is 35.8 Å². The zero-order valence-corrected chi connectivity index (χ0v) is 17.8. The second kappa shape index (κ2) is 9.72. The first-order valence-corrected chi connectivity index (χ1v) is 11.4. The summed E-state index contributed by atoms with van der Waals surface area (Å²) in [4.78, 5) is 21.8. The van der Waals surface area contributed by atoms with Crippen LogP contribution in [0.15, 0.2) is 24.4 Å². The van der Waals surface area contributed by atoms with E-state index in [1.54, 1.807) is 0 Å². The van der Waals surface area contributed by atoms with Crippen LogP contribution in [-0.4, -0.2) is 64.4 Å². The van der Waals surface area contributed by atoms with Crippen LogP contribution in [0.5, 0.6) is 0 Å². The van der Waals surface area contributed by atoms with Crippen molar-refractivity contribution in [2.45, 2.75) is 52.0 Å². The lowest BCUT2D eigenvalue weighted by atomic mass is 9.89. The van der Waals surface area contributed by atoms with Crippen LogP contribution in [0.25, 0.3) is 5.65 Å². The molecule has 6 heteroatoms. The topological polar surface area (TPSA) is 52.9 Å². The van der Waals surface area contributed by atoms with E-state index in [0.29, 0.717) is 6.42 Å². The van der Waals surface area contributed by atoms with Crippen LogP contribution < -0.4 is 5.32 Å². The maximum Gasteiger partial charge on any atom is 0.228 e. The van der Waals surface area contributed by atoms with E-state index in [-0.39, 0.29) is 5.91 Å². The summed E-state index contributed by atoms with van der Waals surface area (Å²) in [6, 6.07) is 6.24. The van der Waals surface area contributed by atoms with Crippen LogP contribution in [-0.2, 0) is 17.8 Å². The SMILES string of the molecule is CCN1CCN(C(=O)Cc2cn3c(CNCC4CCCCC4)cccc3n2)CC1. The van der Waals surface area contributed by atoms with E-state index in [1.807, 2.05) is 17.2 Å². The molecule has 0 atom stereocenters. The Bertz CT molecular complexity index is 803. The summed E-state index contributed by atoms with van der Waals surface area (Å²) in [5, 5.41) is 3.65. The number of imidazole rings is 1. The monoisotopic (exact) mass is 397 g/mol. The number of piperazine rings is 1. The van der Waals surface area contributed by atoms with Gasteiger partial charge in [-0.3, -0.25) is 4.79 Å². The molecule has 6 nitrogen and oxygen atoms in total. The molecule has 1 saturated heterocycles. The fourth-order valence-corrected chi connectivity index (χ4v) is 4.72. The van der Waals surface area contributed by atoms with Gasteiger partial charge in [-0.25, -0.2) is 4.98 Å². The van der Waals surface area contributed by atoms with Crippen molar-refractivity contribution in [1.82, 2.24) is 24.5 Å². The first kappa shape index (κ1) is 20.4. The predicted molar refractivity (Wildman–Crippen MR) is 116 cm³/mol. The minimum atomic E-state index is 0.195. The molecule has 1 amide bonds. The van der Waals surface area contributed by atoms with Crippen molar-refractivity contribution in [2.24, 2.45) is 5.92 Å².